The van der Waals surface area contributed by atoms with Crippen LogP contribution < -0.4 is 30.0 Å². The van der Waals surface area contributed by atoms with E-state index in [9.17, 15) is 4.79 Å². The number of hydrogen-bond acceptors (Lipinski definition) is 9. The largest absolute Gasteiger partial charge is 0.480 e. The summed E-state index contributed by atoms with van der Waals surface area (Å²) in [5, 5.41) is 1.16. The molecule has 2 saturated heterocycles. The first kappa shape index (κ1) is 28.0. The molecular formula is C29H39N5O5Si. The molecule has 2 aromatic heterocycles. The zero-order valence-corrected chi connectivity index (χ0v) is 25.2. The van der Waals surface area contributed by atoms with Crippen LogP contribution >= 0.6 is 0 Å². The highest BCUT2D eigenvalue weighted by Gasteiger charge is 2.31. The Kier molecular flexibility index (Phi) is 7.78. The van der Waals surface area contributed by atoms with Gasteiger partial charge in [-0.1, -0.05) is 30.9 Å². The van der Waals surface area contributed by atoms with Crippen molar-refractivity contribution in [3.8, 4) is 34.6 Å². The number of likely N-dealkylation sites (tertiary alicyclic amines) is 1. The summed E-state index contributed by atoms with van der Waals surface area (Å²) in [6.07, 6.45) is 3.50. The Morgan fingerprint density at radius 1 is 1.02 bits per heavy atom. The van der Waals surface area contributed by atoms with E-state index in [2.05, 4.69) is 35.5 Å². The van der Waals surface area contributed by atoms with E-state index in [-0.39, 0.29) is 11.7 Å². The summed E-state index contributed by atoms with van der Waals surface area (Å²) in [5.74, 6) is 1.67. The number of primary amides is 1. The topological polar surface area (TPSA) is 116 Å². The second kappa shape index (κ2) is 11.1. The lowest BCUT2D eigenvalue weighted by atomic mass is 10.00. The lowest BCUT2D eigenvalue weighted by molar-refractivity contribution is 0.0969. The van der Waals surface area contributed by atoms with Crippen LogP contribution in [0.5, 0.6) is 23.5 Å². The number of anilines is 1. The van der Waals surface area contributed by atoms with Gasteiger partial charge in [0.1, 0.15) is 11.3 Å². The predicted molar refractivity (Wildman–Crippen MR) is 157 cm³/mol. The number of furan rings is 1. The van der Waals surface area contributed by atoms with Crippen LogP contribution in [0.4, 0.5) is 5.95 Å². The SMILES string of the molecule is COc1nc(N2CCC(N3CCC3)CC2)nc(OC)c1-c1cc([Si](C)(C)C)cc(Oc2ccc(C(N)=O)o2)c1C. The van der Waals surface area contributed by atoms with Crippen molar-refractivity contribution < 1.29 is 23.4 Å². The predicted octanol–water partition coefficient (Wildman–Crippen LogP) is 4.17. The van der Waals surface area contributed by atoms with Gasteiger partial charge in [0.2, 0.25) is 17.7 Å². The average Bonchev–Trinajstić information content (AvgIpc) is 3.37. The van der Waals surface area contributed by atoms with Crippen molar-refractivity contribution in [1.29, 1.82) is 0 Å². The summed E-state index contributed by atoms with van der Waals surface area (Å²) < 4.78 is 23.4. The van der Waals surface area contributed by atoms with Gasteiger partial charge in [0.25, 0.3) is 11.9 Å². The minimum Gasteiger partial charge on any atom is -0.480 e. The minimum absolute atomic E-state index is 0.0375. The number of hydrogen-bond donors (Lipinski definition) is 1. The highest BCUT2D eigenvalue weighted by Crippen LogP contribution is 2.42. The maximum atomic E-state index is 11.5. The van der Waals surface area contributed by atoms with Crippen molar-refractivity contribution in [3.05, 3.63) is 35.6 Å². The maximum absolute atomic E-state index is 11.5. The van der Waals surface area contributed by atoms with E-state index < -0.39 is 14.0 Å². The third-order valence-electron chi connectivity index (χ3n) is 7.90. The van der Waals surface area contributed by atoms with E-state index in [1.165, 1.54) is 25.6 Å². The minimum atomic E-state index is -1.81. The lowest BCUT2D eigenvalue weighted by Crippen LogP contribution is -2.50. The molecule has 1 aromatic carbocycles. The fourth-order valence-corrected chi connectivity index (χ4v) is 6.46. The summed E-state index contributed by atoms with van der Waals surface area (Å²) in [4.78, 5) is 26.1. The van der Waals surface area contributed by atoms with Gasteiger partial charge in [-0.3, -0.25) is 4.79 Å². The zero-order valence-electron chi connectivity index (χ0n) is 24.2. The summed E-state index contributed by atoms with van der Waals surface area (Å²) >= 11 is 0. The molecule has 10 nitrogen and oxygen atoms in total. The van der Waals surface area contributed by atoms with Crippen LogP contribution in [0.2, 0.25) is 19.6 Å². The number of carbonyl (C=O) groups excluding carboxylic acids is 1. The molecule has 2 fully saturated rings. The van der Waals surface area contributed by atoms with E-state index in [0.29, 0.717) is 35.1 Å². The molecule has 0 spiro atoms. The van der Waals surface area contributed by atoms with Gasteiger partial charge in [0.05, 0.1) is 22.3 Å². The Hall–Kier alpha value is -3.57. The van der Waals surface area contributed by atoms with Crippen LogP contribution in [0, 0.1) is 6.92 Å². The van der Waals surface area contributed by atoms with Crippen molar-refractivity contribution >= 4 is 25.1 Å². The molecule has 2 aliphatic rings. The number of nitrogens with two attached hydrogens (primary N) is 1. The van der Waals surface area contributed by atoms with Gasteiger partial charge in [-0.25, -0.2) is 0 Å². The fourth-order valence-electron chi connectivity index (χ4n) is 5.32. The molecule has 0 saturated carbocycles. The van der Waals surface area contributed by atoms with Crippen LogP contribution in [-0.2, 0) is 0 Å². The molecule has 11 heteroatoms. The number of nitrogens with zero attached hydrogens (tertiary/aromatic N) is 4. The number of rotatable bonds is 9. The number of benzene rings is 1. The number of ether oxygens (including phenoxy) is 3. The van der Waals surface area contributed by atoms with Crippen LogP contribution in [0.3, 0.4) is 0 Å². The summed E-state index contributed by atoms with van der Waals surface area (Å²) in [5.41, 5.74) is 7.72. The molecule has 2 N–H and O–H groups in total. The Bertz CT molecular complexity index is 1360. The molecule has 214 valence electrons. The van der Waals surface area contributed by atoms with E-state index in [1.54, 1.807) is 20.3 Å². The van der Waals surface area contributed by atoms with Crippen LogP contribution in [0.1, 0.15) is 35.4 Å². The number of methoxy groups -OCH3 is 2. The monoisotopic (exact) mass is 565 g/mol. The fraction of sp³-hybridized carbons (Fsp3) is 0.483. The molecule has 40 heavy (non-hydrogen) atoms. The molecule has 3 aromatic rings. The molecule has 2 aliphatic heterocycles. The molecule has 0 radical (unpaired) electrons. The zero-order chi connectivity index (χ0) is 28.6. The number of aromatic nitrogens is 2. The van der Waals surface area contributed by atoms with E-state index in [4.69, 9.17) is 34.3 Å². The molecule has 0 unspecified atom stereocenters. The van der Waals surface area contributed by atoms with Crippen molar-refractivity contribution in [1.82, 2.24) is 14.9 Å². The van der Waals surface area contributed by atoms with Gasteiger partial charge in [0, 0.05) is 30.8 Å². The van der Waals surface area contributed by atoms with Crippen molar-refractivity contribution in [3.63, 3.8) is 0 Å². The highest BCUT2D eigenvalue weighted by atomic mass is 28.3. The summed E-state index contributed by atoms with van der Waals surface area (Å²) in [6.45, 7) is 13.0. The maximum Gasteiger partial charge on any atom is 0.290 e. The number of amides is 1. The number of piperidine rings is 1. The molecular weight excluding hydrogens is 526 g/mol. The average molecular weight is 566 g/mol. The van der Waals surface area contributed by atoms with Gasteiger partial charge >= 0.3 is 0 Å². The lowest BCUT2D eigenvalue weighted by Gasteiger charge is -2.43. The van der Waals surface area contributed by atoms with E-state index >= 15 is 0 Å². The second-order valence-electron chi connectivity index (χ2n) is 11.5. The first-order valence-electron chi connectivity index (χ1n) is 13.8. The molecule has 0 bridgehead atoms. The first-order valence-corrected chi connectivity index (χ1v) is 17.3. The Labute approximate surface area is 236 Å². The smallest absolute Gasteiger partial charge is 0.290 e. The third-order valence-corrected chi connectivity index (χ3v) is 9.92. The normalized spacial score (nSPS) is 16.5. The standard InChI is InChI=1S/C29H39N5O5Si/c1-18-21(16-20(40(4,5)6)17-23(18)39-24-9-8-22(38-24)26(30)35)25-27(36-2)31-29(32-28(25)37-3)34-14-10-19(11-15-34)33-12-7-13-33/h8-9,16-17,19H,7,10-15H2,1-6H3,(H2,30,35). The van der Waals surface area contributed by atoms with E-state index in [1.807, 2.05) is 13.0 Å². The highest BCUT2D eigenvalue weighted by molar-refractivity contribution is 6.88. The van der Waals surface area contributed by atoms with Gasteiger partial charge < -0.3 is 34.2 Å². The molecule has 4 heterocycles. The van der Waals surface area contributed by atoms with Crippen molar-refractivity contribution in [2.75, 3.05) is 45.3 Å². The Balaban J connectivity index is 1.54. The van der Waals surface area contributed by atoms with Crippen molar-refractivity contribution in [2.45, 2.75) is 51.9 Å². The van der Waals surface area contributed by atoms with Gasteiger partial charge in [0.15, 0.2) is 5.76 Å². The van der Waals surface area contributed by atoms with Gasteiger partial charge in [-0.05, 0) is 57.0 Å². The summed E-state index contributed by atoms with van der Waals surface area (Å²) in [7, 11) is 1.43. The van der Waals surface area contributed by atoms with Crippen molar-refractivity contribution in [2.24, 2.45) is 5.73 Å². The molecule has 1 amide bonds. The molecule has 0 aliphatic carbocycles. The Morgan fingerprint density at radius 3 is 2.17 bits per heavy atom. The van der Waals surface area contributed by atoms with Gasteiger partial charge in [-0.2, -0.15) is 9.97 Å². The van der Waals surface area contributed by atoms with Crippen LogP contribution in [-0.4, -0.2) is 75.3 Å². The van der Waals surface area contributed by atoms with E-state index in [0.717, 1.165) is 42.2 Å². The number of carbonyl (C=O) groups is 1. The Morgan fingerprint density at radius 2 is 1.68 bits per heavy atom. The van der Waals surface area contributed by atoms with Crippen LogP contribution in [0.25, 0.3) is 11.1 Å². The third kappa shape index (κ3) is 5.53. The van der Waals surface area contributed by atoms with Gasteiger partial charge in [-0.15, -0.1) is 0 Å². The summed E-state index contributed by atoms with van der Waals surface area (Å²) in [6, 6.07) is 7.93. The quantitative estimate of drug-likeness (QED) is 0.382. The second-order valence-corrected chi connectivity index (χ2v) is 16.6. The molecule has 5 rings (SSSR count). The first-order chi connectivity index (χ1) is 19.1. The molecule has 0 atom stereocenters. The van der Waals surface area contributed by atoms with Crippen LogP contribution in [0.15, 0.2) is 28.7 Å².